The van der Waals surface area contributed by atoms with E-state index in [0.717, 1.165) is 10.6 Å². The molecule has 1 unspecified atom stereocenters. The lowest BCUT2D eigenvalue weighted by Crippen LogP contribution is -2.39. The fourth-order valence-electron chi connectivity index (χ4n) is 3.01. The first-order valence-electron chi connectivity index (χ1n) is 7.05. The minimum absolute atomic E-state index is 0.233. The summed E-state index contributed by atoms with van der Waals surface area (Å²) in [5.41, 5.74) is 1.79. The van der Waals surface area contributed by atoms with Gasteiger partial charge in [-0.1, -0.05) is 23.9 Å². The molecule has 4 nitrogen and oxygen atoms in total. The summed E-state index contributed by atoms with van der Waals surface area (Å²) in [5.74, 6) is -0.579. The van der Waals surface area contributed by atoms with E-state index in [2.05, 4.69) is 10.1 Å². The molecule has 2 aromatic rings. The van der Waals surface area contributed by atoms with Crippen LogP contribution in [0.25, 0.3) is 0 Å². The number of hydrogen-bond donors (Lipinski definition) is 1. The summed E-state index contributed by atoms with van der Waals surface area (Å²) in [4.78, 5) is 14.0. The van der Waals surface area contributed by atoms with Gasteiger partial charge in [-0.2, -0.15) is 0 Å². The van der Waals surface area contributed by atoms with Crippen molar-refractivity contribution in [2.24, 2.45) is 0 Å². The lowest BCUT2D eigenvalue weighted by molar-refractivity contribution is -0.274. The number of alkyl halides is 3. The van der Waals surface area contributed by atoms with Crippen LogP contribution in [-0.2, 0) is 9.67 Å². The van der Waals surface area contributed by atoms with E-state index in [0.29, 0.717) is 11.3 Å². The number of benzene rings is 2. The first-order chi connectivity index (χ1) is 11.3. The van der Waals surface area contributed by atoms with E-state index in [9.17, 15) is 18.0 Å². The third-order valence-corrected chi connectivity index (χ3v) is 5.39. The molecule has 0 aliphatic carbocycles. The van der Waals surface area contributed by atoms with Crippen LogP contribution in [0.3, 0.4) is 0 Å². The van der Waals surface area contributed by atoms with Crippen LogP contribution in [-0.4, -0.2) is 19.3 Å². The van der Waals surface area contributed by atoms with Crippen LogP contribution < -0.4 is 15.0 Å². The maximum atomic E-state index is 12.8. The van der Waals surface area contributed by atoms with Crippen molar-refractivity contribution in [3.63, 3.8) is 0 Å². The number of amides is 1. The topological polar surface area (TPSA) is 41.6 Å². The number of fused-ring (bicyclic) bond motifs is 3. The standard InChI is InChI=1S/C16H11F3N2O2S/c1-21-12-7-6-9(23-16(17,18)19)8-10(12)15(14(21)22)20-11-4-2-3-5-13(11)24-15/h2-8,20H,1H3. The predicted octanol–water partition coefficient (Wildman–Crippen LogP) is 3.93. The number of hydrogen-bond acceptors (Lipinski definition) is 4. The van der Waals surface area contributed by atoms with Gasteiger partial charge in [-0.3, -0.25) is 4.79 Å². The molecule has 1 spiro atoms. The average Bonchev–Trinajstić information content (AvgIpc) is 2.99. The first kappa shape index (κ1) is 15.2. The highest BCUT2D eigenvalue weighted by atomic mass is 32.2. The third kappa shape index (κ3) is 2.13. The Labute approximate surface area is 139 Å². The minimum atomic E-state index is -4.78. The van der Waals surface area contributed by atoms with E-state index >= 15 is 0 Å². The van der Waals surface area contributed by atoms with Crippen molar-refractivity contribution in [3.8, 4) is 5.75 Å². The summed E-state index contributed by atoms with van der Waals surface area (Å²) in [7, 11) is 1.60. The number of anilines is 2. The van der Waals surface area contributed by atoms with Crippen molar-refractivity contribution < 1.29 is 22.7 Å². The molecule has 0 bridgehead atoms. The number of nitrogens with one attached hydrogen (secondary N) is 1. The number of halogens is 3. The molecule has 4 rings (SSSR count). The molecule has 0 saturated heterocycles. The quantitative estimate of drug-likeness (QED) is 0.844. The summed E-state index contributed by atoms with van der Waals surface area (Å²) in [6, 6.07) is 11.3. The van der Waals surface area contributed by atoms with Crippen LogP contribution in [0.4, 0.5) is 24.5 Å². The van der Waals surface area contributed by atoms with Gasteiger partial charge < -0.3 is 15.0 Å². The largest absolute Gasteiger partial charge is 0.573 e. The van der Waals surface area contributed by atoms with Crippen molar-refractivity contribution in [3.05, 3.63) is 48.0 Å². The average molecular weight is 352 g/mol. The van der Waals surface area contributed by atoms with Crippen LogP contribution >= 0.6 is 11.8 Å². The minimum Gasteiger partial charge on any atom is -0.406 e. The molecule has 2 aliphatic rings. The molecule has 2 aromatic carbocycles. The zero-order valence-corrected chi connectivity index (χ0v) is 13.2. The van der Waals surface area contributed by atoms with Gasteiger partial charge in [-0.05, 0) is 30.3 Å². The fourth-order valence-corrected chi connectivity index (χ4v) is 4.37. The van der Waals surface area contributed by atoms with E-state index < -0.39 is 11.2 Å². The Morgan fingerprint density at radius 3 is 2.67 bits per heavy atom. The Morgan fingerprint density at radius 2 is 1.96 bits per heavy atom. The maximum Gasteiger partial charge on any atom is 0.573 e. The van der Waals surface area contributed by atoms with Gasteiger partial charge in [-0.15, -0.1) is 13.2 Å². The number of ether oxygens (including phenoxy) is 1. The zero-order chi connectivity index (χ0) is 17.1. The number of rotatable bonds is 1. The summed E-state index contributed by atoms with van der Waals surface area (Å²) in [6.45, 7) is 0. The molecule has 2 heterocycles. The second-order valence-corrected chi connectivity index (χ2v) is 6.75. The lowest BCUT2D eigenvalue weighted by atomic mass is 10.1. The number of carbonyl (C=O) groups excluding carboxylic acids is 1. The van der Waals surface area contributed by atoms with Crippen molar-refractivity contribution in [1.29, 1.82) is 0 Å². The summed E-state index contributed by atoms with van der Waals surface area (Å²) in [5, 5.41) is 3.17. The Hall–Kier alpha value is -2.35. The van der Waals surface area contributed by atoms with Crippen molar-refractivity contribution in [2.45, 2.75) is 16.1 Å². The fraction of sp³-hybridized carbons (Fsp3) is 0.188. The molecule has 1 N–H and O–H groups in total. The second kappa shape index (κ2) is 4.83. The van der Waals surface area contributed by atoms with Gasteiger partial charge in [0, 0.05) is 23.2 Å². The van der Waals surface area contributed by atoms with Crippen molar-refractivity contribution >= 4 is 29.0 Å². The highest BCUT2D eigenvalue weighted by molar-refractivity contribution is 8.01. The summed E-state index contributed by atoms with van der Waals surface area (Å²) >= 11 is 1.29. The summed E-state index contributed by atoms with van der Waals surface area (Å²) < 4.78 is 41.5. The molecule has 8 heteroatoms. The number of likely N-dealkylation sites (N-methyl/N-ethyl adjacent to an activating group) is 1. The zero-order valence-electron chi connectivity index (χ0n) is 12.3. The van der Waals surface area contributed by atoms with Crippen LogP contribution in [0.1, 0.15) is 5.56 Å². The van der Waals surface area contributed by atoms with Gasteiger partial charge in [0.25, 0.3) is 5.91 Å². The Morgan fingerprint density at radius 1 is 1.21 bits per heavy atom. The van der Waals surface area contributed by atoms with E-state index in [1.807, 2.05) is 24.3 Å². The molecule has 2 aliphatic heterocycles. The summed E-state index contributed by atoms with van der Waals surface area (Å²) in [6.07, 6.45) is -4.78. The Kier molecular flexibility index (Phi) is 3.05. The van der Waals surface area contributed by atoms with Crippen molar-refractivity contribution in [2.75, 3.05) is 17.3 Å². The highest BCUT2D eigenvalue weighted by Crippen LogP contribution is 2.57. The molecular weight excluding hydrogens is 341 g/mol. The van der Waals surface area contributed by atoms with E-state index in [1.54, 1.807) is 7.05 Å². The van der Waals surface area contributed by atoms with Crippen LogP contribution in [0, 0.1) is 0 Å². The van der Waals surface area contributed by atoms with E-state index in [-0.39, 0.29) is 11.7 Å². The third-order valence-electron chi connectivity index (χ3n) is 4.01. The molecule has 1 atom stereocenters. The van der Waals surface area contributed by atoms with Gasteiger partial charge in [-0.25, -0.2) is 0 Å². The maximum absolute atomic E-state index is 12.8. The molecule has 24 heavy (non-hydrogen) atoms. The molecule has 0 fully saturated rings. The van der Waals surface area contributed by atoms with E-state index in [4.69, 9.17) is 0 Å². The Bertz CT molecular complexity index is 828. The lowest BCUT2D eigenvalue weighted by Gasteiger charge is -2.22. The number of thioether (sulfide) groups is 1. The molecular formula is C16H11F3N2O2S. The number of carbonyl (C=O) groups is 1. The predicted molar refractivity (Wildman–Crippen MR) is 84.1 cm³/mol. The number of nitrogens with zero attached hydrogens (tertiary/aromatic N) is 1. The van der Waals surface area contributed by atoms with Gasteiger partial charge in [0.1, 0.15) is 5.75 Å². The van der Waals surface area contributed by atoms with Gasteiger partial charge in [0.05, 0.1) is 5.69 Å². The smallest absolute Gasteiger partial charge is 0.406 e. The molecule has 1 amide bonds. The van der Waals surface area contributed by atoms with Crippen LogP contribution in [0.2, 0.25) is 0 Å². The van der Waals surface area contributed by atoms with Crippen molar-refractivity contribution in [1.82, 2.24) is 0 Å². The molecule has 124 valence electrons. The van der Waals surface area contributed by atoms with Gasteiger partial charge >= 0.3 is 6.36 Å². The highest BCUT2D eigenvalue weighted by Gasteiger charge is 2.54. The monoisotopic (exact) mass is 352 g/mol. The van der Waals surface area contributed by atoms with Crippen LogP contribution in [0.15, 0.2) is 47.4 Å². The normalized spacial score (nSPS) is 21.7. The first-order valence-corrected chi connectivity index (χ1v) is 7.86. The van der Waals surface area contributed by atoms with Gasteiger partial charge in [0.15, 0.2) is 4.87 Å². The van der Waals surface area contributed by atoms with Crippen LogP contribution in [0.5, 0.6) is 5.75 Å². The molecule has 0 radical (unpaired) electrons. The Balaban J connectivity index is 1.82. The SMILES string of the molecule is CN1C(=O)C2(Nc3ccccc3S2)c2cc(OC(F)(F)F)ccc21. The number of para-hydroxylation sites is 1. The van der Waals surface area contributed by atoms with Gasteiger partial charge in [0.2, 0.25) is 0 Å². The molecule has 0 saturated carbocycles. The molecule has 0 aromatic heterocycles. The van der Waals surface area contributed by atoms with E-state index in [1.165, 1.54) is 34.9 Å². The second-order valence-electron chi connectivity index (χ2n) is 5.50.